The first-order chi connectivity index (χ1) is 10.5. The third-order valence-electron chi connectivity index (χ3n) is 3.18. The molecule has 0 bridgehead atoms. The fraction of sp³-hybridized carbons (Fsp3) is 0.357. The molecule has 1 aromatic rings. The number of nitrogens with zero attached hydrogens (tertiary/aromatic N) is 1. The van der Waals surface area contributed by atoms with E-state index in [1.807, 2.05) is 0 Å². The number of nitrogens with one attached hydrogen (secondary N) is 1. The van der Waals surface area contributed by atoms with E-state index >= 15 is 0 Å². The Hall–Kier alpha value is -1.56. The maximum atomic E-state index is 13.5. The van der Waals surface area contributed by atoms with Crippen LogP contribution < -0.4 is 4.72 Å². The largest absolute Gasteiger partial charge is 0.326 e. The summed E-state index contributed by atoms with van der Waals surface area (Å²) in [4.78, 5) is 13.1. The number of thioether (sulfide) groups is 1. The number of carbonyl (C=O) groups is 1. The third-order valence-corrected chi connectivity index (χ3v) is 5.86. The normalized spacial score (nSPS) is 14.9. The molecule has 1 amide bonds. The number of hydrogen-bond donors (Lipinski definition) is 1. The molecule has 1 aromatic carbocycles. The molecule has 0 unspecified atom stereocenters. The van der Waals surface area contributed by atoms with Crippen molar-refractivity contribution < 1.29 is 17.6 Å². The Morgan fingerprint density at radius 1 is 1.45 bits per heavy atom. The Kier molecular flexibility index (Phi) is 5.45. The van der Waals surface area contributed by atoms with E-state index in [4.69, 9.17) is 6.42 Å². The standard InChI is InChI=1S/C14H15FN2O3S2/c1-2-7-17(11-9-21-10-11)14(18)8-16-22(19,20)13-6-4-3-5-12(13)15/h1,3-6,11,16H,7-10H2. The minimum Gasteiger partial charge on any atom is -0.326 e. The molecule has 0 aliphatic carbocycles. The van der Waals surface area contributed by atoms with Gasteiger partial charge in [-0.05, 0) is 12.1 Å². The Bertz CT molecular complexity index is 696. The van der Waals surface area contributed by atoms with Gasteiger partial charge in [0.05, 0.1) is 19.1 Å². The van der Waals surface area contributed by atoms with Crippen LogP contribution in [-0.2, 0) is 14.8 Å². The lowest BCUT2D eigenvalue weighted by Crippen LogP contribution is -2.51. The van der Waals surface area contributed by atoms with Crippen LogP contribution in [0.3, 0.4) is 0 Å². The monoisotopic (exact) mass is 342 g/mol. The van der Waals surface area contributed by atoms with Crippen molar-refractivity contribution in [3.63, 3.8) is 0 Å². The lowest BCUT2D eigenvalue weighted by molar-refractivity contribution is -0.130. The summed E-state index contributed by atoms with van der Waals surface area (Å²) in [6.07, 6.45) is 5.24. The van der Waals surface area contributed by atoms with Gasteiger partial charge in [0.25, 0.3) is 0 Å². The predicted molar refractivity (Wildman–Crippen MR) is 83.2 cm³/mol. The van der Waals surface area contributed by atoms with Crippen LogP contribution in [0.2, 0.25) is 0 Å². The second-order valence-electron chi connectivity index (χ2n) is 4.67. The van der Waals surface area contributed by atoms with E-state index in [2.05, 4.69) is 10.6 Å². The quantitative estimate of drug-likeness (QED) is 0.772. The summed E-state index contributed by atoms with van der Waals surface area (Å²) in [5.74, 6) is 2.69. The van der Waals surface area contributed by atoms with E-state index in [1.165, 1.54) is 17.0 Å². The first-order valence-corrected chi connectivity index (χ1v) is 9.14. The van der Waals surface area contributed by atoms with Gasteiger partial charge in [0, 0.05) is 11.5 Å². The van der Waals surface area contributed by atoms with E-state index in [0.29, 0.717) is 0 Å². The lowest BCUT2D eigenvalue weighted by Gasteiger charge is -2.35. The van der Waals surface area contributed by atoms with E-state index < -0.39 is 33.2 Å². The van der Waals surface area contributed by atoms with Crippen LogP contribution in [0.25, 0.3) is 0 Å². The zero-order chi connectivity index (χ0) is 16.2. The molecule has 22 heavy (non-hydrogen) atoms. The fourth-order valence-electron chi connectivity index (χ4n) is 1.92. The van der Waals surface area contributed by atoms with E-state index in [9.17, 15) is 17.6 Å². The van der Waals surface area contributed by atoms with Crippen molar-refractivity contribution in [2.75, 3.05) is 24.6 Å². The van der Waals surface area contributed by atoms with Gasteiger partial charge >= 0.3 is 0 Å². The van der Waals surface area contributed by atoms with Crippen LogP contribution in [0.5, 0.6) is 0 Å². The molecule has 1 heterocycles. The summed E-state index contributed by atoms with van der Waals surface area (Å²) in [6, 6.07) is 5.03. The molecule has 118 valence electrons. The minimum atomic E-state index is -4.08. The van der Waals surface area contributed by atoms with Crippen LogP contribution in [-0.4, -0.2) is 49.9 Å². The maximum absolute atomic E-state index is 13.5. The topological polar surface area (TPSA) is 66.5 Å². The number of halogens is 1. The Labute approximate surface area is 133 Å². The average Bonchev–Trinajstić information content (AvgIpc) is 2.43. The fourth-order valence-corrected chi connectivity index (χ4v) is 3.78. The van der Waals surface area contributed by atoms with Crippen molar-refractivity contribution in [2.45, 2.75) is 10.9 Å². The smallest absolute Gasteiger partial charge is 0.243 e. The SMILES string of the molecule is C#CCN(C(=O)CNS(=O)(=O)c1ccccc1F)C1CSC1. The summed E-state index contributed by atoms with van der Waals surface area (Å²) in [6.45, 7) is -0.314. The van der Waals surface area contributed by atoms with Crippen molar-refractivity contribution in [2.24, 2.45) is 0 Å². The molecule has 1 aliphatic heterocycles. The molecule has 0 spiro atoms. The highest BCUT2D eigenvalue weighted by Crippen LogP contribution is 2.23. The van der Waals surface area contributed by atoms with Crippen molar-refractivity contribution in [3.05, 3.63) is 30.1 Å². The zero-order valence-electron chi connectivity index (χ0n) is 11.7. The average molecular weight is 342 g/mol. The molecule has 8 heteroatoms. The number of terminal acetylenes is 1. The molecule has 1 N–H and O–H groups in total. The Balaban J connectivity index is 2.03. The van der Waals surface area contributed by atoms with Gasteiger partial charge in [0.1, 0.15) is 10.7 Å². The van der Waals surface area contributed by atoms with Gasteiger partial charge in [-0.15, -0.1) is 6.42 Å². The predicted octanol–water partition coefficient (Wildman–Crippen LogP) is 0.681. The van der Waals surface area contributed by atoms with Gasteiger partial charge in [-0.25, -0.2) is 17.5 Å². The van der Waals surface area contributed by atoms with Crippen molar-refractivity contribution in [3.8, 4) is 12.3 Å². The molecule has 1 aliphatic rings. The molecule has 0 atom stereocenters. The highest BCUT2D eigenvalue weighted by atomic mass is 32.2. The highest BCUT2D eigenvalue weighted by Gasteiger charge is 2.29. The zero-order valence-corrected chi connectivity index (χ0v) is 13.3. The molecule has 1 saturated heterocycles. The number of carbonyl (C=O) groups excluding carboxylic acids is 1. The van der Waals surface area contributed by atoms with Crippen molar-refractivity contribution in [1.29, 1.82) is 0 Å². The molecule has 0 radical (unpaired) electrons. The second-order valence-corrected chi connectivity index (χ2v) is 7.48. The highest BCUT2D eigenvalue weighted by molar-refractivity contribution is 8.00. The van der Waals surface area contributed by atoms with Gasteiger partial charge in [0.15, 0.2) is 0 Å². The van der Waals surface area contributed by atoms with E-state index in [0.717, 1.165) is 23.6 Å². The molecule has 5 nitrogen and oxygen atoms in total. The molecular formula is C14H15FN2O3S2. The summed E-state index contributed by atoms with van der Waals surface area (Å²) in [7, 11) is -4.08. The Morgan fingerprint density at radius 2 is 2.14 bits per heavy atom. The van der Waals surface area contributed by atoms with E-state index in [1.54, 1.807) is 11.8 Å². The van der Waals surface area contributed by atoms with Crippen LogP contribution in [0.4, 0.5) is 4.39 Å². The summed E-state index contributed by atoms with van der Waals surface area (Å²) in [5, 5.41) is 0. The molecule has 0 aromatic heterocycles. The summed E-state index contributed by atoms with van der Waals surface area (Å²) < 4.78 is 39.7. The van der Waals surface area contributed by atoms with Crippen LogP contribution in [0.1, 0.15) is 0 Å². The van der Waals surface area contributed by atoms with Crippen LogP contribution in [0.15, 0.2) is 29.2 Å². The number of hydrogen-bond acceptors (Lipinski definition) is 4. The van der Waals surface area contributed by atoms with Crippen molar-refractivity contribution >= 4 is 27.7 Å². The Morgan fingerprint density at radius 3 is 2.68 bits per heavy atom. The first-order valence-electron chi connectivity index (χ1n) is 6.50. The number of benzene rings is 1. The summed E-state index contributed by atoms with van der Waals surface area (Å²) >= 11 is 1.69. The van der Waals surface area contributed by atoms with Gasteiger partial charge in [-0.2, -0.15) is 11.8 Å². The van der Waals surface area contributed by atoms with Crippen LogP contribution in [0, 0.1) is 18.2 Å². The molecule has 2 rings (SSSR count). The van der Waals surface area contributed by atoms with Gasteiger partial charge in [-0.1, -0.05) is 18.1 Å². The molecular weight excluding hydrogens is 327 g/mol. The number of amides is 1. The first kappa shape index (κ1) is 16.8. The van der Waals surface area contributed by atoms with Crippen LogP contribution >= 0.6 is 11.8 Å². The maximum Gasteiger partial charge on any atom is 0.243 e. The molecule has 1 fully saturated rings. The second kappa shape index (κ2) is 7.13. The van der Waals surface area contributed by atoms with Gasteiger partial charge in [-0.3, -0.25) is 4.79 Å². The van der Waals surface area contributed by atoms with Gasteiger partial charge in [0.2, 0.25) is 15.9 Å². The van der Waals surface area contributed by atoms with E-state index in [-0.39, 0.29) is 12.6 Å². The third kappa shape index (κ3) is 3.80. The number of sulfonamides is 1. The van der Waals surface area contributed by atoms with Gasteiger partial charge < -0.3 is 4.90 Å². The van der Waals surface area contributed by atoms with Crippen molar-refractivity contribution in [1.82, 2.24) is 9.62 Å². The summed E-state index contributed by atoms with van der Waals surface area (Å²) in [5.41, 5.74) is 0. The lowest BCUT2D eigenvalue weighted by atomic mass is 10.3. The number of rotatable bonds is 6. The molecule has 0 saturated carbocycles. The minimum absolute atomic E-state index is 0.0338.